The highest BCUT2D eigenvalue weighted by Gasteiger charge is 2.21. The Morgan fingerprint density at radius 2 is 2.04 bits per heavy atom. The van der Waals surface area contributed by atoms with Gasteiger partial charge in [0.2, 0.25) is 0 Å². The topological polar surface area (TPSA) is 37.8 Å². The Hall–Kier alpha value is -1.72. The average molecular weight is 357 g/mol. The van der Waals surface area contributed by atoms with E-state index in [1.165, 1.54) is 16.0 Å². The number of fused-ring (bicyclic) bond motifs is 3. The van der Waals surface area contributed by atoms with Gasteiger partial charge in [0.15, 0.2) is 4.77 Å². The van der Waals surface area contributed by atoms with Crippen LogP contribution in [0.4, 0.5) is 0 Å². The lowest BCUT2D eigenvalue weighted by Gasteiger charge is -2.11. The van der Waals surface area contributed by atoms with Crippen molar-refractivity contribution in [2.75, 3.05) is 0 Å². The van der Waals surface area contributed by atoms with Crippen LogP contribution in [0.3, 0.4) is 0 Å². The first kappa shape index (κ1) is 15.8. The molecule has 2 heterocycles. The quantitative estimate of drug-likeness (QED) is 0.662. The number of aromatic nitrogens is 2. The molecule has 0 saturated heterocycles. The van der Waals surface area contributed by atoms with E-state index in [1.807, 2.05) is 12.1 Å². The van der Waals surface area contributed by atoms with Gasteiger partial charge in [-0.05, 0) is 67.1 Å². The van der Waals surface area contributed by atoms with Crippen molar-refractivity contribution in [3.05, 3.63) is 55.4 Å². The molecule has 4 rings (SSSR count). The summed E-state index contributed by atoms with van der Waals surface area (Å²) in [5, 5.41) is 0.840. The predicted octanol–water partition coefficient (Wildman–Crippen LogP) is 5.11. The van der Waals surface area contributed by atoms with Gasteiger partial charge >= 0.3 is 0 Å². The molecular formula is C19H20N2OS2. The van der Waals surface area contributed by atoms with E-state index in [0.29, 0.717) is 10.7 Å². The van der Waals surface area contributed by atoms with E-state index < -0.39 is 0 Å². The van der Waals surface area contributed by atoms with Crippen molar-refractivity contribution in [3.8, 4) is 5.69 Å². The fourth-order valence-corrected chi connectivity index (χ4v) is 5.13. The molecule has 0 unspecified atom stereocenters. The Kier molecular flexibility index (Phi) is 3.93. The third-order valence-electron chi connectivity index (χ3n) is 5.09. The molecule has 1 aliphatic carbocycles. The van der Waals surface area contributed by atoms with E-state index in [0.717, 1.165) is 41.6 Å². The zero-order chi connectivity index (χ0) is 16.8. The van der Waals surface area contributed by atoms with Crippen LogP contribution in [0.15, 0.2) is 29.1 Å². The molecular weight excluding hydrogens is 336 g/mol. The first-order chi connectivity index (χ1) is 11.6. The first-order valence-electron chi connectivity index (χ1n) is 8.50. The highest BCUT2D eigenvalue weighted by molar-refractivity contribution is 7.71. The Balaban J connectivity index is 1.91. The van der Waals surface area contributed by atoms with Crippen LogP contribution >= 0.6 is 23.6 Å². The number of hydrogen-bond donors (Lipinski definition) is 1. The molecule has 3 nitrogen and oxygen atoms in total. The molecule has 0 saturated carbocycles. The summed E-state index contributed by atoms with van der Waals surface area (Å²) in [6, 6.07) is 8.22. The molecule has 5 heteroatoms. The maximum Gasteiger partial charge on any atom is 0.267 e. The van der Waals surface area contributed by atoms with E-state index >= 15 is 0 Å². The fourth-order valence-electron chi connectivity index (χ4n) is 3.50. The lowest BCUT2D eigenvalue weighted by Crippen LogP contribution is -2.20. The number of hydrogen-bond acceptors (Lipinski definition) is 3. The van der Waals surface area contributed by atoms with Gasteiger partial charge in [0.25, 0.3) is 5.56 Å². The normalized spacial score (nSPS) is 14.9. The summed E-state index contributed by atoms with van der Waals surface area (Å²) in [5.74, 6) is 0.521. The smallest absolute Gasteiger partial charge is 0.267 e. The molecule has 24 heavy (non-hydrogen) atoms. The van der Waals surface area contributed by atoms with E-state index in [2.05, 4.69) is 31.0 Å². The number of thiophene rings is 1. The monoisotopic (exact) mass is 356 g/mol. The minimum absolute atomic E-state index is 0.0180. The molecule has 1 N–H and O–H groups in total. The van der Waals surface area contributed by atoms with Crippen LogP contribution < -0.4 is 5.56 Å². The van der Waals surface area contributed by atoms with Crippen molar-refractivity contribution in [1.82, 2.24) is 9.55 Å². The Bertz CT molecular complexity index is 1020. The number of rotatable bonds is 3. The summed E-state index contributed by atoms with van der Waals surface area (Å²) >= 11 is 7.17. The SMILES string of the molecule is CC[C@H](C)c1ccc(-n2c(=S)[nH]c3sc4c(c3c2=O)CCC4)cc1. The van der Waals surface area contributed by atoms with Crippen LogP contribution in [0, 0.1) is 4.77 Å². The van der Waals surface area contributed by atoms with Gasteiger partial charge in [-0.3, -0.25) is 9.36 Å². The fraction of sp³-hybridized carbons (Fsp3) is 0.368. The average Bonchev–Trinajstić information content (AvgIpc) is 3.15. The molecule has 0 amide bonds. The Morgan fingerprint density at radius 3 is 2.75 bits per heavy atom. The second-order valence-corrected chi connectivity index (χ2v) is 8.02. The number of nitrogens with zero attached hydrogens (tertiary/aromatic N) is 1. The van der Waals surface area contributed by atoms with Crippen LogP contribution in [-0.2, 0) is 12.8 Å². The molecule has 1 aromatic carbocycles. The van der Waals surface area contributed by atoms with Crippen LogP contribution in [0.5, 0.6) is 0 Å². The van der Waals surface area contributed by atoms with Crippen molar-refractivity contribution in [1.29, 1.82) is 0 Å². The van der Waals surface area contributed by atoms with Crippen molar-refractivity contribution in [2.24, 2.45) is 0 Å². The highest BCUT2D eigenvalue weighted by Crippen LogP contribution is 2.34. The minimum Gasteiger partial charge on any atom is -0.323 e. The van der Waals surface area contributed by atoms with Crippen LogP contribution in [0.2, 0.25) is 0 Å². The molecule has 1 aliphatic rings. The van der Waals surface area contributed by atoms with Gasteiger partial charge in [-0.1, -0.05) is 26.0 Å². The molecule has 124 valence electrons. The van der Waals surface area contributed by atoms with Gasteiger partial charge in [0, 0.05) is 4.88 Å². The Labute approximate surface area is 150 Å². The van der Waals surface area contributed by atoms with Crippen molar-refractivity contribution < 1.29 is 0 Å². The minimum atomic E-state index is 0.0180. The summed E-state index contributed by atoms with van der Waals surface area (Å²) in [7, 11) is 0. The lowest BCUT2D eigenvalue weighted by atomic mass is 9.98. The van der Waals surface area contributed by atoms with Crippen molar-refractivity contribution in [2.45, 2.75) is 45.4 Å². The molecule has 0 radical (unpaired) electrons. The highest BCUT2D eigenvalue weighted by atomic mass is 32.1. The molecule has 2 aromatic heterocycles. The van der Waals surface area contributed by atoms with Gasteiger partial charge < -0.3 is 4.98 Å². The van der Waals surface area contributed by atoms with Gasteiger partial charge in [-0.15, -0.1) is 11.3 Å². The molecule has 0 aliphatic heterocycles. The van der Waals surface area contributed by atoms with E-state index in [-0.39, 0.29) is 5.56 Å². The van der Waals surface area contributed by atoms with E-state index in [9.17, 15) is 4.79 Å². The van der Waals surface area contributed by atoms with Gasteiger partial charge in [-0.2, -0.15) is 0 Å². The zero-order valence-electron chi connectivity index (χ0n) is 13.9. The van der Waals surface area contributed by atoms with Crippen LogP contribution in [-0.4, -0.2) is 9.55 Å². The second kappa shape index (κ2) is 5.97. The van der Waals surface area contributed by atoms with Crippen LogP contribution in [0.25, 0.3) is 15.9 Å². The maximum atomic E-state index is 13.1. The van der Waals surface area contributed by atoms with Crippen molar-refractivity contribution in [3.63, 3.8) is 0 Å². The summed E-state index contributed by atoms with van der Waals surface area (Å²) < 4.78 is 2.12. The van der Waals surface area contributed by atoms with Crippen LogP contribution in [0.1, 0.15) is 48.6 Å². The molecule has 1 atom stereocenters. The number of aromatic amines is 1. The third-order valence-corrected chi connectivity index (χ3v) is 6.59. The summed E-state index contributed by atoms with van der Waals surface area (Å²) in [6.45, 7) is 4.40. The maximum absolute atomic E-state index is 13.1. The van der Waals surface area contributed by atoms with Gasteiger partial charge in [0.1, 0.15) is 4.83 Å². The number of nitrogens with one attached hydrogen (secondary N) is 1. The molecule has 0 spiro atoms. The molecule has 0 fully saturated rings. The number of benzene rings is 1. The first-order valence-corrected chi connectivity index (χ1v) is 9.72. The zero-order valence-corrected chi connectivity index (χ0v) is 15.5. The standard InChI is InChI=1S/C19H20N2OS2/c1-3-11(2)12-7-9-13(10-8-12)21-18(22)16-14-5-4-6-15(14)24-17(16)20-19(21)23/h7-11H,3-6H2,1-2H3,(H,20,23)/t11-/m0/s1. The van der Waals surface area contributed by atoms with Gasteiger partial charge in [0.05, 0.1) is 11.1 Å². The lowest BCUT2D eigenvalue weighted by molar-refractivity contribution is 0.733. The predicted molar refractivity (Wildman–Crippen MR) is 103 cm³/mol. The van der Waals surface area contributed by atoms with E-state index in [4.69, 9.17) is 12.2 Å². The van der Waals surface area contributed by atoms with Crippen molar-refractivity contribution >= 4 is 33.8 Å². The number of H-pyrrole nitrogens is 1. The third kappa shape index (κ3) is 2.38. The summed E-state index contributed by atoms with van der Waals surface area (Å²) in [6.07, 6.45) is 4.34. The molecule has 3 aromatic rings. The molecule has 0 bridgehead atoms. The summed E-state index contributed by atoms with van der Waals surface area (Å²) in [4.78, 5) is 18.7. The van der Waals surface area contributed by atoms with E-state index in [1.54, 1.807) is 15.9 Å². The second-order valence-electron chi connectivity index (χ2n) is 6.53. The summed E-state index contributed by atoms with van der Waals surface area (Å²) in [5.41, 5.74) is 3.38. The number of aryl methyl sites for hydroxylation is 2. The largest absolute Gasteiger partial charge is 0.323 e. The van der Waals surface area contributed by atoms with Gasteiger partial charge in [-0.25, -0.2) is 0 Å². The Morgan fingerprint density at radius 1 is 1.29 bits per heavy atom.